The normalized spacial score (nSPS) is 10.7. The number of nitrogens with one attached hydrogen (secondary N) is 1. The molecule has 0 fully saturated rings. The second kappa shape index (κ2) is 3.20. The van der Waals surface area contributed by atoms with Crippen molar-refractivity contribution >= 4 is 11.0 Å². The maximum absolute atomic E-state index is 4.30. The zero-order chi connectivity index (χ0) is 10.1. The SMILES string of the molecule is c1ccc(-c2ccc3[nH]cnc3c2)nc1. The molecule has 0 spiro atoms. The fourth-order valence-electron chi connectivity index (χ4n) is 1.62. The molecule has 0 aliphatic heterocycles. The zero-order valence-corrected chi connectivity index (χ0v) is 8.01. The van der Waals surface area contributed by atoms with Gasteiger partial charge in [0.05, 0.1) is 23.1 Å². The zero-order valence-electron chi connectivity index (χ0n) is 8.01. The molecule has 3 rings (SSSR count). The monoisotopic (exact) mass is 195 g/mol. The molecule has 0 unspecified atom stereocenters. The predicted octanol–water partition coefficient (Wildman–Crippen LogP) is 2.62. The molecule has 1 aromatic carbocycles. The van der Waals surface area contributed by atoms with Gasteiger partial charge in [-0.1, -0.05) is 12.1 Å². The van der Waals surface area contributed by atoms with Crippen LogP contribution in [0.2, 0.25) is 0 Å². The Morgan fingerprint density at radius 1 is 1.00 bits per heavy atom. The van der Waals surface area contributed by atoms with Crippen LogP contribution in [0.5, 0.6) is 0 Å². The molecule has 0 atom stereocenters. The average Bonchev–Trinajstić information content (AvgIpc) is 2.77. The van der Waals surface area contributed by atoms with Crippen molar-refractivity contribution in [1.82, 2.24) is 15.0 Å². The van der Waals surface area contributed by atoms with Gasteiger partial charge in [-0.25, -0.2) is 4.98 Å². The van der Waals surface area contributed by atoms with Crippen molar-refractivity contribution in [3.8, 4) is 11.3 Å². The lowest BCUT2D eigenvalue weighted by molar-refractivity contribution is 1.33. The van der Waals surface area contributed by atoms with Crippen LogP contribution in [0, 0.1) is 0 Å². The molecule has 0 aliphatic rings. The first-order chi connectivity index (χ1) is 7.43. The second-order valence-corrected chi connectivity index (χ2v) is 3.35. The molecule has 3 aromatic rings. The molecule has 0 bridgehead atoms. The van der Waals surface area contributed by atoms with Gasteiger partial charge in [0.1, 0.15) is 0 Å². The molecule has 3 heteroatoms. The largest absolute Gasteiger partial charge is 0.345 e. The molecule has 15 heavy (non-hydrogen) atoms. The summed E-state index contributed by atoms with van der Waals surface area (Å²) in [6.07, 6.45) is 3.50. The average molecular weight is 195 g/mol. The molecular formula is C12H9N3. The summed E-state index contributed by atoms with van der Waals surface area (Å²) < 4.78 is 0. The van der Waals surface area contributed by atoms with Gasteiger partial charge in [0, 0.05) is 11.8 Å². The number of nitrogens with zero attached hydrogens (tertiary/aromatic N) is 2. The van der Waals surface area contributed by atoms with Gasteiger partial charge in [0.2, 0.25) is 0 Å². The van der Waals surface area contributed by atoms with Crippen LogP contribution >= 0.6 is 0 Å². The van der Waals surface area contributed by atoms with E-state index in [-0.39, 0.29) is 0 Å². The van der Waals surface area contributed by atoms with E-state index in [1.165, 1.54) is 0 Å². The second-order valence-electron chi connectivity index (χ2n) is 3.35. The van der Waals surface area contributed by atoms with Crippen LogP contribution in [0.25, 0.3) is 22.3 Å². The molecule has 72 valence electrons. The molecule has 2 aromatic heterocycles. The first-order valence-electron chi connectivity index (χ1n) is 4.78. The highest BCUT2D eigenvalue weighted by Gasteiger charge is 2.00. The Morgan fingerprint density at radius 2 is 2.00 bits per heavy atom. The van der Waals surface area contributed by atoms with Crippen molar-refractivity contribution < 1.29 is 0 Å². The van der Waals surface area contributed by atoms with Crippen LogP contribution in [0.15, 0.2) is 48.9 Å². The molecular weight excluding hydrogens is 186 g/mol. The van der Waals surface area contributed by atoms with E-state index in [2.05, 4.69) is 15.0 Å². The van der Waals surface area contributed by atoms with Crippen molar-refractivity contribution in [2.75, 3.05) is 0 Å². The minimum atomic E-state index is 0.971. The highest BCUT2D eigenvalue weighted by molar-refractivity contribution is 5.80. The summed E-state index contributed by atoms with van der Waals surface area (Å²) in [6.45, 7) is 0. The van der Waals surface area contributed by atoms with Crippen LogP contribution in [0.4, 0.5) is 0 Å². The summed E-state index contributed by atoms with van der Waals surface area (Å²) in [5.41, 5.74) is 4.09. The van der Waals surface area contributed by atoms with E-state index in [0.29, 0.717) is 0 Å². The van der Waals surface area contributed by atoms with Crippen molar-refractivity contribution in [2.24, 2.45) is 0 Å². The van der Waals surface area contributed by atoms with Crippen molar-refractivity contribution in [3.63, 3.8) is 0 Å². The van der Waals surface area contributed by atoms with E-state index in [1.807, 2.05) is 36.4 Å². The van der Waals surface area contributed by atoms with Gasteiger partial charge in [-0.2, -0.15) is 0 Å². The van der Waals surface area contributed by atoms with E-state index in [4.69, 9.17) is 0 Å². The van der Waals surface area contributed by atoms with Gasteiger partial charge in [-0.3, -0.25) is 4.98 Å². The van der Waals surface area contributed by atoms with Crippen LogP contribution in [-0.2, 0) is 0 Å². The topological polar surface area (TPSA) is 41.6 Å². The number of aromatic amines is 1. The highest BCUT2D eigenvalue weighted by Crippen LogP contribution is 2.20. The Bertz CT molecular complexity index is 584. The van der Waals surface area contributed by atoms with Gasteiger partial charge in [0.15, 0.2) is 0 Å². The number of rotatable bonds is 1. The Morgan fingerprint density at radius 3 is 2.87 bits per heavy atom. The fourth-order valence-corrected chi connectivity index (χ4v) is 1.62. The lowest BCUT2D eigenvalue weighted by atomic mass is 10.1. The van der Waals surface area contributed by atoms with Crippen LogP contribution in [-0.4, -0.2) is 15.0 Å². The first kappa shape index (κ1) is 8.17. The highest BCUT2D eigenvalue weighted by atomic mass is 14.9. The summed E-state index contributed by atoms with van der Waals surface area (Å²) in [5.74, 6) is 0. The van der Waals surface area contributed by atoms with E-state index >= 15 is 0 Å². The van der Waals surface area contributed by atoms with Gasteiger partial charge in [0.25, 0.3) is 0 Å². The van der Waals surface area contributed by atoms with E-state index in [1.54, 1.807) is 12.5 Å². The summed E-state index contributed by atoms with van der Waals surface area (Å²) in [4.78, 5) is 11.6. The van der Waals surface area contributed by atoms with Gasteiger partial charge in [-0.15, -0.1) is 0 Å². The number of H-pyrrole nitrogens is 1. The number of aromatic nitrogens is 3. The fraction of sp³-hybridized carbons (Fsp3) is 0. The van der Waals surface area contributed by atoms with Crippen LogP contribution in [0.1, 0.15) is 0 Å². The number of hydrogen-bond donors (Lipinski definition) is 1. The van der Waals surface area contributed by atoms with E-state index in [0.717, 1.165) is 22.3 Å². The minimum absolute atomic E-state index is 0.971. The van der Waals surface area contributed by atoms with Gasteiger partial charge < -0.3 is 4.98 Å². The van der Waals surface area contributed by atoms with Crippen LogP contribution < -0.4 is 0 Å². The van der Waals surface area contributed by atoms with Crippen molar-refractivity contribution in [2.45, 2.75) is 0 Å². The number of hydrogen-bond acceptors (Lipinski definition) is 2. The minimum Gasteiger partial charge on any atom is -0.345 e. The molecule has 0 aliphatic carbocycles. The number of fused-ring (bicyclic) bond motifs is 1. The quantitative estimate of drug-likeness (QED) is 0.648. The molecule has 0 radical (unpaired) electrons. The van der Waals surface area contributed by atoms with E-state index in [9.17, 15) is 0 Å². The predicted molar refractivity (Wildman–Crippen MR) is 59.3 cm³/mol. The molecule has 0 amide bonds. The Kier molecular flexibility index (Phi) is 1.75. The Balaban J connectivity index is 2.19. The lowest BCUT2D eigenvalue weighted by Gasteiger charge is -1.99. The summed E-state index contributed by atoms with van der Waals surface area (Å²) in [5, 5.41) is 0. The standard InChI is InChI=1S/C12H9N3/c1-2-6-13-10(3-1)9-4-5-11-12(7-9)15-8-14-11/h1-8H,(H,14,15). The molecule has 3 nitrogen and oxygen atoms in total. The maximum Gasteiger partial charge on any atom is 0.0931 e. The molecule has 0 saturated carbocycles. The first-order valence-corrected chi connectivity index (χ1v) is 4.78. The molecule has 1 N–H and O–H groups in total. The smallest absolute Gasteiger partial charge is 0.0931 e. The van der Waals surface area contributed by atoms with Crippen molar-refractivity contribution in [1.29, 1.82) is 0 Å². The maximum atomic E-state index is 4.30. The number of pyridine rings is 1. The Hall–Kier alpha value is -2.16. The number of imidazole rings is 1. The molecule has 0 saturated heterocycles. The Labute approximate surface area is 86.8 Å². The van der Waals surface area contributed by atoms with Crippen LogP contribution in [0.3, 0.4) is 0 Å². The molecule has 2 heterocycles. The van der Waals surface area contributed by atoms with E-state index < -0.39 is 0 Å². The third-order valence-electron chi connectivity index (χ3n) is 2.38. The summed E-state index contributed by atoms with van der Waals surface area (Å²) >= 11 is 0. The summed E-state index contributed by atoms with van der Waals surface area (Å²) in [7, 11) is 0. The van der Waals surface area contributed by atoms with Gasteiger partial charge >= 0.3 is 0 Å². The van der Waals surface area contributed by atoms with Gasteiger partial charge in [-0.05, 0) is 24.3 Å². The number of benzene rings is 1. The summed E-state index contributed by atoms with van der Waals surface area (Å²) in [6, 6.07) is 12.0. The third-order valence-corrected chi connectivity index (χ3v) is 2.38. The third kappa shape index (κ3) is 1.38. The van der Waals surface area contributed by atoms with Crippen molar-refractivity contribution in [3.05, 3.63) is 48.9 Å². The lowest BCUT2D eigenvalue weighted by Crippen LogP contribution is -1.81.